The highest BCUT2D eigenvalue weighted by atomic mass is 16.5. The number of furan rings is 1. The molecule has 0 aliphatic carbocycles. The van der Waals surface area contributed by atoms with Crippen LogP contribution in [0.1, 0.15) is 32.1 Å². The van der Waals surface area contributed by atoms with Gasteiger partial charge in [-0.3, -0.25) is 4.79 Å². The molecule has 1 aliphatic heterocycles. The molecule has 29 heavy (non-hydrogen) atoms. The standard InChI is InChI=1S/C23H25NO5/c1-22(2)12-16-8-6-10-18(21(16)29-22)27-13-20(25)24-14-23(3,26)19-11-15-7-4-5-9-17(15)28-19/h4-11,26H,12-14H2,1-3H3,(H,24,25)/t23-/m1/s1. The van der Waals surface area contributed by atoms with Crippen LogP contribution >= 0.6 is 0 Å². The zero-order chi connectivity index (χ0) is 20.6. The summed E-state index contributed by atoms with van der Waals surface area (Å²) < 4.78 is 17.3. The highest BCUT2D eigenvalue weighted by Gasteiger charge is 2.32. The molecule has 6 heteroatoms. The fraction of sp³-hybridized carbons (Fsp3) is 0.348. The van der Waals surface area contributed by atoms with Gasteiger partial charge in [-0.25, -0.2) is 0 Å². The second kappa shape index (κ2) is 7.12. The first-order chi connectivity index (χ1) is 13.7. The molecule has 2 N–H and O–H groups in total. The van der Waals surface area contributed by atoms with Crippen molar-refractivity contribution in [1.29, 1.82) is 0 Å². The average molecular weight is 395 g/mol. The fourth-order valence-corrected chi connectivity index (χ4v) is 3.50. The molecular formula is C23H25NO5. The third kappa shape index (κ3) is 4.07. The molecule has 6 nitrogen and oxygen atoms in total. The van der Waals surface area contributed by atoms with Gasteiger partial charge in [-0.1, -0.05) is 30.3 Å². The van der Waals surface area contributed by atoms with Gasteiger partial charge in [0.2, 0.25) is 0 Å². The maximum absolute atomic E-state index is 12.3. The number of aliphatic hydroxyl groups is 1. The summed E-state index contributed by atoms with van der Waals surface area (Å²) >= 11 is 0. The maximum atomic E-state index is 12.3. The molecule has 1 atom stereocenters. The van der Waals surface area contributed by atoms with Crippen molar-refractivity contribution in [2.75, 3.05) is 13.2 Å². The lowest BCUT2D eigenvalue weighted by atomic mass is 10.0. The SMILES string of the molecule is CC1(C)Cc2cccc(OCC(=O)NC[C@@](C)(O)c3cc4ccccc4o3)c2O1. The van der Waals surface area contributed by atoms with E-state index in [9.17, 15) is 9.90 Å². The number of hydrogen-bond donors (Lipinski definition) is 2. The Labute approximate surface area is 169 Å². The van der Waals surface area contributed by atoms with Gasteiger partial charge in [0.1, 0.15) is 22.5 Å². The van der Waals surface area contributed by atoms with Gasteiger partial charge < -0.3 is 24.3 Å². The van der Waals surface area contributed by atoms with Crippen LogP contribution in [0.15, 0.2) is 52.9 Å². The first-order valence-electron chi connectivity index (χ1n) is 9.65. The van der Waals surface area contributed by atoms with E-state index in [4.69, 9.17) is 13.9 Å². The second-order valence-corrected chi connectivity index (χ2v) is 8.27. The predicted molar refractivity (Wildman–Crippen MR) is 109 cm³/mol. The van der Waals surface area contributed by atoms with E-state index in [1.165, 1.54) is 0 Å². The average Bonchev–Trinajstić information content (AvgIpc) is 3.24. The van der Waals surface area contributed by atoms with E-state index in [0.29, 0.717) is 22.8 Å². The molecule has 0 spiro atoms. The Kier molecular flexibility index (Phi) is 4.74. The number of amides is 1. The summed E-state index contributed by atoms with van der Waals surface area (Å²) in [6, 6.07) is 15.0. The minimum absolute atomic E-state index is 0.00540. The number of carbonyl (C=O) groups excluding carboxylic acids is 1. The molecule has 0 saturated carbocycles. The van der Waals surface area contributed by atoms with Crippen molar-refractivity contribution < 1.29 is 23.8 Å². The Balaban J connectivity index is 1.35. The summed E-state index contributed by atoms with van der Waals surface area (Å²) in [5.74, 6) is 1.31. The van der Waals surface area contributed by atoms with E-state index in [0.717, 1.165) is 17.4 Å². The predicted octanol–water partition coefficient (Wildman–Crippen LogP) is 3.55. The molecule has 1 aliphatic rings. The number of benzene rings is 2. The topological polar surface area (TPSA) is 80.9 Å². The first-order valence-corrected chi connectivity index (χ1v) is 9.65. The van der Waals surface area contributed by atoms with Crippen molar-refractivity contribution in [3.63, 3.8) is 0 Å². The number of hydrogen-bond acceptors (Lipinski definition) is 5. The lowest BCUT2D eigenvalue weighted by Gasteiger charge is -2.21. The molecule has 0 radical (unpaired) electrons. The molecule has 152 valence electrons. The van der Waals surface area contributed by atoms with E-state index in [1.807, 2.05) is 50.2 Å². The fourth-order valence-electron chi connectivity index (χ4n) is 3.50. The Morgan fingerprint density at radius 1 is 1.24 bits per heavy atom. The van der Waals surface area contributed by atoms with Crippen molar-refractivity contribution in [2.24, 2.45) is 0 Å². The molecular weight excluding hydrogens is 370 g/mol. The van der Waals surface area contributed by atoms with Crippen molar-refractivity contribution >= 4 is 16.9 Å². The van der Waals surface area contributed by atoms with Gasteiger partial charge in [0.15, 0.2) is 18.1 Å². The maximum Gasteiger partial charge on any atom is 0.258 e. The number of nitrogens with one attached hydrogen (secondary N) is 1. The van der Waals surface area contributed by atoms with Gasteiger partial charge in [0.05, 0.1) is 6.54 Å². The lowest BCUT2D eigenvalue weighted by Crippen LogP contribution is -2.40. The third-order valence-electron chi connectivity index (χ3n) is 5.00. The van der Waals surface area contributed by atoms with Crippen LogP contribution in [0.25, 0.3) is 11.0 Å². The van der Waals surface area contributed by atoms with Crippen LogP contribution in [0.5, 0.6) is 11.5 Å². The zero-order valence-corrected chi connectivity index (χ0v) is 16.8. The Hall–Kier alpha value is -2.99. The Bertz CT molecular complexity index is 1020. The molecule has 2 heterocycles. The van der Waals surface area contributed by atoms with Crippen LogP contribution in [0.4, 0.5) is 0 Å². The smallest absolute Gasteiger partial charge is 0.258 e. The van der Waals surface area contributed by atoms with Crippen LogP contribution in [0, 0.1) is 0 Å². The molecule has 0 unspecified atom stereocenters. The zero-order valence-electron chi connectivity index (χ0n) is 16.8. The van der Waals surface area contributed by atoms with E-state index in [2.05, 4.69) is 5.32 Å². The molecule has 1 aromatic heterocycles. The van der Waals surface area contributed by atoms with Crippen LogP contribution < -0.4 is 14.8 Å². The van der Waals surface area contributed by atoms with Gasteiger partial charge in [0, 0.05) is 17.4 Å². The molecule has 3 aromatic rings. The van der Waals surface area contributed by atoms with Crippen LogP contribution in [-0.2, 0) is 16.8 Å². The van der Waals surface area contributed by atoms with Gasteiger partial charge >= 0.3 is 0 Å². The highest BCUT2D eigenvalue weighted by molar-refractivity contribution is 5.79. The number of fused-ring (bicyclic) bond motifs is 2. The number of para-hydroxylation sites is 2. The molecule has 2 aromatic carbocycles. The number of carbonyl (C=O) groups is 1. The Morgan fingerprint density at radius 3 is 2.83 bits per heavy atom. The van der Waals surface area contributed by atoms with Crippen LogP contribution in [-0.4, -0.2) is 29.8 Å². The number of ether oxygens (including phenoxy) is 2. The highest BCUT2D eigenvalue weighted by Crippen LogP contribution is 2.41. The normalized spacial score (nSPS) is 16.7. The van der Waals surface area contributed by atoms with Gasteiger partial charge in [-0.15, -0.1) is 0 Å². The minimum Gasteiger partial charge on any atom is -0.483 e. The van der Waals surface area contributed by atoms with Gasteiger partial charge in [-0.05, 0) is 39.0 Å². The monoisotopic (exact) mass is 395 g/mol. The molecule has 0 fully saturated rings. The summed E-state index contributed by atoms with van der Waals surface area (Å²) in [4.78, 5) is 12.3. The van der Waals surface area contributed by atoms with E-state index < -0.39 is 5.60 Å². The van der Waals surface area contributed by atoms with E-state index >= 15 is 0 Å². The molecule has 4 rings (SSSR count). The minimum atomic E-state index is -1.34. The van der Waals surface area contributed by atoms with Crippen LogP contribution in [0.2, 0.25) is 0 Å². The van der Waals surface area contributed by atoms with Gasteiger partial charge in [-0.2, -0.15) is 0 Å². The van der Waals surface area contributed by atoms with Crippen molar-refractivity contribution in [2.45, 2.75) is 38.4 Å². The lowest BCUT2D eigenvalue weighted by molar-refractivity contribution is -0.124. The molecule has 1 amide bonds. The van der Waals surface area contributed by atoms with Crippen molar-refractivity contribution in [3.05, 3.63) is 59.9 Å². The molecule has 0 saturated heterocycles. The third-order valence-corrected chi connectivity index (χ3v) is 5.00. The summed E-state index contributed by atoms with van der Waals surface area (Å²) in [6.07, 6.45) is 0.798. The quantitative estimate of drug-likeness (QED) is 0.667. The second-order valence-electron chi connectivity index (χ2n) is 8.27. The largest absolute Gasteiger partial charge is 0.483 e. The van der Waals surface area contributed by atoms with Gasteiger partial charge in [0.25, 0.3) is 5.91 Å². The van der Waals surface area contributed by atoms with E-state index in [-0.39, 0.29) is 24.7 Å². The summed E-state index contributed by atoms with van der Waals surface area (Å²) in [7, 11) is 0. The van der Waals surface area contributed by atoms with E-state index in [1.54, 1.807) is 19.1 Å². The Morgan fingerprint density at radius 2 is 2.03 bits per heavy atom. The van der Waals surface area contributed by atoms with Crippen molar-refractivity contribution in [1.82, 2.24) is 5.32 Å². The first kappa shape index (κ1) is 19.3. The van der Waals surface area contributed by atoms with Crippen molar-refractivity contribution in [3.8, 4) is 11.5 Å². The molecule has 0 bridgehead atoms. The number of rotatable bonds is 6. The summed E-state index contributed by atoms with van der Waals surface area (Å²) in [5.41, 5.74) is 0.143. The van der Waals surface area contributed by atoms with Crippen LogP contribution in [0.3, 0.4) is 0 Å². The summed E-state index contributed by atoms with van der Waals surface area (Å²) in [5, 5.41) is 14.3. The summed E-state index contributed by atoms with van der Waals surface area (Å²) in [6.45, 7) is 5.47.